The van der Waals surface area contributed by atoms with Gasteiger partial charge in [-0.25, -0.2) is 8.78 Å². The lowest BCUT2D eigenvalue weighted by Gasteiger charge is -2.30. The van der Waals surface area contributed by atoms with Gasteiger partial charge in [0.2, 0.25) is 0 Å². The lowest BCUT2D eigenvalue weighted by atomic mass is 10.0. The third-order valence-electron chi connectivity index (χ3n) is 5.27. The Balaban J connectivity index is 1.28. The summed E-state index contributed by atoms with van der Waals surface area (Å²) in [6.07, 6.45) is 2.99. The van der Waals surface area contributed by atoms with Crippen LogP contribution >= 0.6 is 0 Å². The molecular weight excluding hydrogens is 390 g/mol. The van der Waals surface area contributed by atoms with Crippen LogP contribution in [0.25, 0.3) is 10.9 Å². The molecule has 1 aliphatic rings. The molecule has 2 aromatic carbocycles. The van der Waals surface area contributed by atoms with Gasteiger partial charge < -0.3 is 19.5 Å². The number of rotatable bonds is 7. The van der Waals surface area contributed by atoms with E-state index in [1.807, 2.05) is 24.3 Å². The molecule has 1 fully saturated rings. The summed E-state index contributed by atoms with van der Waals surface area (Å²) in [6, 6.07) is 11.9. The van der Waals surface area contributed by atoms with Gasteiger partial charge >= 0.3 is 0 Å². The molecule has 0 bridgehead atoms. The average molecular weight is 414 g/mol. The Morgan fingerprint density at radius 3 is 2.73 bits per heavy atom. The van der Waals surface area contributed by atoms with Gasteiger partial charge in [0.25, 0.3) is 0 Å². The predicted molar refractivity (Wildman–Crippen MR) is 109 cm³/mol. The number of fused-ring (bicyclic) bond motifs is 1. The van der Waals surface area contributed by atoms with Gasteiger partial charge in [0.15, 0.2) is 17.9 Å². The number of hydrogen-bond acceptors (Lipinski definition) is 5. The Bertz CT molecular complexity index is 1010. The molecule has 1 saturated heterocycles. The fourth-order valence-corrected chi connectivity index (χ4v) is 3.57. The number of benzene rings is 2. The SMILES string of the molecule is COc1ccc2nccc(CCC3OCC(NCc4cccc(F)c4F)CO3)c2c1. The van der Waals surface area contributed by atoms with Gasteiger partial charge in [-0.05, 0) is 42.3 Å². The lowest BCUT2D eigenvalue weighted by Crippen LogP contribution is -2.44. The number of ether oxygens (including phenoxy) is 3. The lowest BCUT2D eigenvalue weighted by molar-refractivity contribution is -0.192. The van der Waals surface area contributed by atoms with Gasteiger partial charge in [0.1, 0.15) is 5.75 Å². The third kappa shape index (κ3) is 4.75. The Kier molecular flexibility index (Phi) is 6.52. The zero-order chi connectivity index (χ0) is 20.9. The number of halogens is 2. The van der Waals surface area contributed by atoms with Crippen LogP contribution in [0, 0.1) is 11.6 Å². The van der Waals surface area contributed by atoms with E-state index in [9.17, 15) is 8.78 Å². The van der Waals surface area contributed by atoms with Crippen LogP contribution in [0.3, 0.4) is 0 Å². The summed E-state index contributed by atoms with van der Waals surface area (Å²) in [5.74, 6) is -0.862. The first-order valence-corrected chi connectivity index (χ1v) is 9.95. The largest absolute Gasteiger partial charge is 0.497 e. The van der Waals surface area contributed by atoms with E-state index in [1.165, 1.54) is 6.07 Å². The van der Waals surface area contributed by atoms with Crippen LogP contribution in [0.5, 0.6) is 5.75 Å². The van der Waals surface area contributed by atoms with Crippen LogP contribution in [0.2, 0.25) is 0 Å². The zero-order valence-corrected chi connectivity index (χ0v) is 16.7. The molecule has 2 heterocycles. The number of nitrogens with one attached hydrogen (secondary N) is 1. The number of methoxy groups -OCH3 is 1. The highest BCUT2D eigenvalue weighted by Crippen LogP contribution is 2.24. The molecular formula is C23H24F2N2O3. The second kappa shape index (κ2) is 9.47. The highest BCUT2D eigenvalue weighted by Gasteiger charge is 2.22. The van der Waals surface area contributed by atoms with Gasteiger partial charge in [-0.2, -0.15) is 0 Å². The van der Waals surface area contributed by atoms with Crippen molar-refractivity contribution in [2.45, 2.75) is 31.7 Å². The van der Waals surface area contributed by atoms with Crippen molar-refractivity contribution in [2.75, 3.05) is 20.3 Å². The average Bonchev–Trinajstić information content (AvgIpc) is 2.79. The predicted octanol–water partition coefficient (Wildman–Crippen LogP) is 3.99. The summed E-state index contributed by atoms with van der Waals surface area (Å²) >= 11 is 0. The minimum absolute atomic E-state index is 0.0741. The summed E-state index contributed by atoms with van der Waals surface area (Å²) in [4.78, 5) is 4.40. The molecule has 0 radical (unpaired) electrons. The summed E-state index contributed by atoms with van der Waals surface area (Å²) < 4.78 is 44.0. The monoisotopic (exact) mass is 414 g/mol. The maximum absolute atomic E-state index is 13.7. The van der Waals surface area contributed by atoms with E-state index in [0.29, 0.717) is 19.6 Å². The first kappa shape index (κ1) is 20.7. The molecule has 0 unspecified atom stereocenters. The molecule has 0 saturated carbocycles. The molecule has 1 aliphatic heterocycles. The van der Waals surface area contributed by atoms with E-state index >= 15 is 0 Å². The second-order valence-electron chi connectivity index (χ2n) is 7.28. The Morgan fingerprint density at radius 2 is 1.93 bits per heavy atom. The minimum Gasteiger partial charge on any atom is -0.497 e. The first-order chi connectivity index (χ1) is 14.6. The summed E-state index contributed by atoms with van der Waals surface area (Å²) in [5, 5.41) is 4.22. The third-order valence-corrected chi connectivity index (χ3v) is 5.27. The molecule has 5 nitrogen and oxygen atoms in total. The maximum atomic E-state index is 13.7. The van der Waals surface area contributed by atoms with Crippen molar-refractivity contribution in [1.82, 2.24) is 10.3 Å². The quantitative estimate of drug-likeness (QED) is 0.634. The van der Waals surface area contributed by atoms with Gasteiger partial charge in [0, 0.05) is 30.1 Å². The van der Waals surface area contributed by atoms with Crippen LogP contribution < -0.4 is 10.1 Å². The highest BCUT2D eigenvalue weighted by atomic mass is 19.2. The Hall–Kier alpha value is -2.61. The summed E-state index contributed by atoms with van der Waals surface area (Å²) in [6.45, 7) is 1.12. The Labute approximate surface area is 174 Å². The molecule has 1 N–H and O–H groups in total. The smallest absolute Gasteiger partial charge is 0.163 e. The van der Waals surface area contributed by atoms with Gasteiger partial charge in [-0.15, -0.1) is 0 Å². The van der Waals surface area contributed by atoms with Crippen molar-refractivity contribution in [3.63, 3.8) is 0 Å². The van der Waals surface area contributed by atoms with Crippen molar-refractivity contribution in [3.8, 4) is 5.75 Å². The van der Waals surface area contributed by atoms with Crippen molar-refractivity contribution in [3.05, 3.63) is 71.4 Å². The second-order valence-corrected chi connectivity index (χ2v) is 7.28. The number of aromatic nitrogens is 1. The van der Waals surface area contributed by atoms with Gasteiger partial charge in [-0.1, -0.05) is 12.1 Å². The van der Waals surface area contributed by atoms with E-state index in [0.717, 1.165) is 34.7 Å². The number of aryl methyl sites for hydroxylation is 1. The van der Waals surface area contributed by atoms with Crippen LogP contribution in [-0.2, 0) is 22.4 Å². The number of nitrogens with zero attached hydrogens (tertiary/aromatic N) is 1. The van der Waals surface area contributed by atoms with Crippen LogP contribution in [0.4, 0.5) is 8.78 Å². The van der Waals surface area contributed by atoms with Crippen LogP contribution in [0.15, 0.2) is 48.7 Å². The summed E-state index contributed by atoms with van der Waals surface area (Å²) in [7, 11) is 1.65. The van der Waals surface area contributed by atoms with Gasteiger partial charge in [0.05, 0.1) is 31.9 Å². The number of hydrogen-bond donors (Lipinski definition) is 1. The molecule has 7 heteroatoms. The fourth-order valence-electron chi connectivity index (χ4n) is 3.57. The van der Waals surface area contributed by atoms with E-state index in [2.05, 4.69) is 10.3 Å². The maximum Gasteiger partial charge on any atom is 0.163 e. The molecule has 4 rings (SSSR count). The molecule has 0 amide bonds. The van der Waals surface area contributed by atoms with Crippen molar-refractivity contribution >= 4 is 10.9 Å². The van der Waals surface area contributed by atoms with Crippen LogP contribution in [0.1, 0.15) is 17.5 Å². The first-order valence-electron chi connectivity index (χ1n) is 9.95. The molecule has 0 aliphatic carbocycles. The van der Waals surface area contributed by atoms with E-state index < -0.39 is 11.6 Å². The van der Waals surface area contributed by atoms with Crippen LogP contribution in [-0.4, -0.2) is 37.6 Å². The van der Waals surface area contributed by atoms with Crippen molar-refractivity contribution < 1.29 is 23.0 Å². The summed E-state index contributed by atoms with van der Waals surface area (Å²) in [5.41, 5.74) is 2.37. The molecule has 158 valence electrons. The normalized spacial score (nSPS) is 19.2. The fraction of sp³-hybridized carbons (Fsp3) is 0.348. The molecule has 30 heavy (non-hydrogen) atoms. The zero-order valence-electron chi connectivity index (χ0n) is 16.7. The standard InChI is InChI=1S/C23H24F2N2O3/c1-28-18-6-7-21-19(11-18)15(9-10-26-21)5-8-22-29-13-17(14-30-22)27-12-16-3-2-4-20(24)23(16)25/h2-4,6-7,9-11,17,22,27H,5,8,12-14H2,1H3. The van der Waals surface area contributed by atoms with Crippen molar-refractivity contribution in [2.24, 2.45) is 0 Å². The highest BCUT2D eigenvalue weighted by molar-refractivity contribution is 5.83. The van der Waals surface area contributed by atoms with E-state index in [-0.39, 0.29) is 24.4 Å². The molecule has 3 aromatic rings. The van der Waals surface area contributed by atoms with E-state index in [4.69, 9.17) is 14.2 Å². The Morgan fingerprint density at radius 1 is 1.10 bits per heavy atom. The van der Waals surface area contributed by atoms with E-state index in [1.54, 1.807) is 19.4 Å². The molecule has 1 aromatic heterocycles. The topological polar surface area (TPSA) is 52.6 Å². The molecule has 0 spiro atoms. The number of pyridine rings is 1. The minimum atomic E-state index is -0.841. The molecule has 0 atom stereocenters. The van der Waals surface area contributed by atoms with Crippen molar-refractivity contribution in [1.29, 1.82) is 0 Å². The van der Waals surface area contributed by atoms with Gasteiger partial charge in [-0.3, -0.25) is 4.98 Å².